The molecule has 5 nitrogen and oxygen atoms in total. The third kappa shape index (κ3) is 3.74. The Labute approximate surface area is 147 Å². The highest BCUT2D eigenvalue weighted by atomic mass is 35.5. The minimum absolute atomic E-state index is 0.169. The topological polar surface area (TPSA) is 46.5 Å². The Morgan fingerprint density at radius 3 is 2.71 bits per heavy atom. The number of hydrogen-bond donors (Lipinski definition) is 1. The van der Waals surface area contributed by atoms with E-state index in [0.29, 0.717) is 28.9 Å². The van der Waals surface area contributed by atoms with E-state index in [-0.39, 0.29) is 5.91 Å². The van der Waals surface area contributed by atoms with Crippen LogP contribution in [-0.2, 0) is 0 Å². The van der Waals surface area contributed by atoms with Crippen LogP contribution in [0.15, 0.2) is 36.7 Å². The summed E-state index contributed by atoms with van der Waals surface area (Å²) in [7, 11) is 3.65. The van der Waals surface area contributed by atoms with Gasteiger partial charge in [0, 0.05) is 37.6 Å². The lowest BCUT2D eigenvalue weighted by molar-refractivity contribution is 0.0946. The van der Waals surface area contributed by atoms with Gasteiger partial charge in [0.05, 0.1) is 23.4 Å². The number of methoxy groups -OCH3 is 1. The molecule has 6 heteroatoms. The molecule has 1 heterocycles. The molecular formula is C18H22ClN3O2. The van der Waals surface area contributed by atoms with Crippen LogP contribution >= 0.6 is 11.6 Å². The van der Waals surface area contributed by atoms with Crippen molar-refractivity contribution < 1.29 is 9.53 Å². The molecule has 0 atom stereocenters. The number of amides is 1. The van der Waals surface area contributed by atoms with Crippen molar-refractivity contribution in [2.75, 3.05) is 27.2 Å². The number of benzene rings is 1. The molecular weight excluding hydrogens is 326 g/mol. The zero-order valence-corrected chi connectivity index (χ0v) is 14.7. The second-order valence-corrected chi connectivity index (χ2v) is 6.47. The number of halogens is 1. The molecule has 0 saturated heterocycles. The number of likely N-dealkylation sites (N-methyl/N-ethyl adjacent to an activating group) is 1. The van der Waals surface area contributed by atoms with E-state index < -0.39 is 0 Å². The first-order valence-corrected chi connectivity index (χ1v) is 8.47. The van der Waals surface area contributed by atoms with Gasteiger partial charge in [-0.15, -0.1) is 0 Å². The quantitative estimate of drug-likeness (QED) is 0.837. The van der Waals surface area contributed by atoms with E-state index in [9.17, 15) is 4.79 Å². The molecule has 0 bridgehead atoms. The van der Waals surface area contributed by atoms with Crippen LogP contribution in [0.25, 0.3) is 5.69 Å². The molecule has 0 aliphatic heterocycles. The molecule has 128 valence electrons. The molecule has 1 aliphatic rings. The first-order valence-electron chi connectivity index (χ1n) is 8.09. The summed E-state index contributed by atoms with van der Waals surface area (Å²) in [5.74, 6) is 0.341. The highest BCUT2D eigenvalue weighted by Gasteiger charge is 2.25. The van der Waals surface area contributed by atoms with Crippen molar-refractivity contribution in [3.05, 3.63) is 47.2 Å². The van der Waals surface area contributed by atoms with Crippen molar-refractivity contribution in [2.45, 2.75) is 18.9 Å². The molecule has 1 aromatic carbocycles. The van der Waals surface area contributed by atoms with Gasteiger partial charge in [-0.1, -0.05) is 11.6 Å². The van der Waals surface area contributed by atoms with Crippen LogP contribution < -0.4 is 10.1 Å². The Morgan fingerprint density at radius 2 is 2.08 bits per heavy atom. The number of ether oxygens (including phenoxy) is 1. The fourth-order valence-electron chi connectivity index (χ4n) is 2.72. The highest BCUT2D eigenvalue weighted by Crippen LogP contribution is 2.30. The van der Waals surface area contributed by atoms with E-state index in [1.807, 2.05) is 29.1 Å². The number of aromatic nitrogens is 1. The summed E-state index contributed by atoms with van der Waals surface area (Å²) in [4.78, 5) is 14.7. The van der Waals surface area contributed by atoms with Gasteiger partial charge in [0.15, 0.2) is 0 Å². The van der Waals surface area contributed by atoms with Gasteiger partial charge in [-0.05, 0) is 38.1 Å². The van der Waals surface area contributed by atoms with Crippen LogP contribution in [-0.4, -0.2) is 48.7 Å². The Bertz CT molecular complexity index is 711. The maximum atomic E-state index is 12.5. The normalized spacial score (nSPS) is 14.0. The van der Waals surface area contributed by atoms with Crippen LogP contribution in [0.4, 0.5) is 0 Å². The molecule has 1 amide bonds. The molecule has 2 aromatic rings. The molecule has 3 rings (SSSR count). The first kappa shape index (κ1) is 16.9. The Hall–Kier alpha value is -1.98. The van der Waals surface area contributed by atoms with Crippen LogP contribution in [0, 0.1) is 0 Å². The fourth-order valence-corrected chi connectivity index (χ4v) is 2.98. The van der Waals surface area contributed by atoms with Crippen LogP contribution in [0.3, 0.4) is 0 Å². The molecule has 1 aliphatic carbocycles. The maximum absolute atomic E-state index is 12.5. The molecule has 1 saturated carbocycles. The Balaban J connectivity index is 1.71. The SMILES string of the molecule is COc1cc(-n2cccc2)c(Cl)cc1C(=O)NCCN(C)C1CC1. The number of nitrogens with one attached hydrogen (secondary N) is 1. The van der Waals surface area contributed by atoms with E-state index in [2.05, 4.69) is 17.3 Å². The standard InChI is InChI=1S/C18H22ClN3O2/c1-21(13-5-6-13)10-7-20-18(23)14-11-15(19)16(12-17(14)24-2)22-8-3-4-9-22/h3-4,8-9,11-13H,5-7,10H2,1-2H3,(H,20,23). The second-order valence-electron chi connectivity index (χ2n) is 6.06. The lowest BCUT2D eigenvalue weighted by atomic mass is 10.1. The first-order chi connectivity index (χ1) is 11.6. The minimum atomic E-state index is -0.169. The third-order valence-corrected chi connectivity index (χ3v) is 4.62. The number of nitrogens with zero attached hydrogens (tertiary/aromatic N) is 2. The van der Waals surface area contributed by atoms with E-state index in [1.54, 1.807) is 19.2 Å². The van der Waals surface area contributed by atoms with Crippen molar-refractivity contribution >= 4 is 17.5 Å². The van der Waals surface area contributed by atoms with Gasteiger partial charge in [0.2, 0.25) is 0 Å². The zero-order valence-electron chi connectivity index (χ0n) is 14.0. The molecule has 0 radical (unpaired) electrons. The summed E-state index contributed by atoms with van der Waals surface area (Å²) >= 11 is 6.36. The Morgan fingerprint density at radius 1 is 1.38 bits per heavy atom. The second kappa shape index (κ2) is 7.28. The smallest absolute Gasteiger partial charge is 0.255 e. The summed E-state index contributed by atoms with van der Waals surface area (Å²) < 4.78 is 7.28. The lowest BCUT2D eigenvalue weighted by Gasteiger charge is -2.17. The number of carbonyl (C=O) groups is 1. The molecule has 24 heavy (non-hydrogen) atoms. The monoisotopic (exact) mass is 347 g/mol. The summed E-state index contributed by atoms with van der Waals surface area (Å²) in [6.07, 6.45) is 6.31. The predicted molar refractivity (Wildman–Crippen MR) is 95.3 cm³/mol. The summed E-state index contributed by atoms with van der Waals surface area (Å²) in [5, 5.41) is 3.45. The van der Waals surface area contributed by atoms with E-state index >= 15 is 0 Å². The van der Waals surface area contributed by atoms with Gasteiger partial charge in [0.1, 0.15) is 5.75 Å². The van der Waals surface area contributed by atoms with Crippen LogP contribution in [0.5, 0.6) is 5.75 Å². The number of hydrogen-bond acceptors (Lipinski definition) is 3. The predicted octanol–water partition coefficient (Wildman–Crippen LogP) is 2.96. The van der Waals surface area contributed by atoms with Gasteiger partial charge >= 0.3 is 0 Å². The summed E-state index contributed by atoms with van der Waals surface area (Å²) in [6.45, 7) is 1.44. The van der Waals surface area contributed by atoms with Gasteiger partial charge in [-0.2, -0.15) is 0 Å². The zero-order chi connectivity index (χ0) is 17.1. The Kier molecular flexibility index (Phi) is 5.11. The van der Waals surface area contributed by atoms with Crippen molar-refractivity contribution in [3.63, 3.8) is 0 Å². The average Bonchev–Trinajstić information content (AvgIpc) is 3.30. The largest absolute Gasteiger partial charge is 0.496 e. The average molecular weight is 348 g/mol. The van der Waals surface area contributed by atoms with Gasteiger partial charge in [-0.25, -0.2) is 0 Å². The van der Waals surface area contributed by atoms with Gasteiger partial charge in [0.25, 0.3) is 5.91 Å². The van der Waals surface area contributed by atoms with Crippen molar-refractivity contribution in [1.29, 1.82) is 0 Å². The molecule has 1 N–H and O–H groups in total. The summed E-state index contributed by atoms with van der Waals surface area (Å²) in [6, 6.07) is 7.97. The lowest BCUT2D eigenvalue weighted by Crippen LogP contribution is -2.34. The number of rotatable bonds is 7. The van der Waals surface area contributed by atoms with E-state index in [0.717, 1.165) is 12.2 Å². The van der Waals surface area contributed by atoms with Crippen molar-refractivity contribution in [2.24, 2.45) is 0 Å². The van der Waals surface area contributed by atoms with Crippen molar-refractivity contribution in [1.82, 2.24) is 14.8 Å². The molecule has 0 spiro atoms. The highest BCUT2D eigenvalue weighted by molar-refractivity contribution is 6.33. The molecule has 0 unspecified atom stereocenters. The third-order valence-electron chi connectivity index (χ3n) is 4.32. The molecule has 1 aromatic heterocycles. The van der Waals surface area contributed by atoms with Crippen LogP contribution in [0.2, 0.25) is 5.02 Å². The number of carbonyl (C=O) groups excluding carboxylic acids is 1. The van der Waals surface area contributed by atoms with E-state index in [1.165, 1.54) is 12.8 Å². The van der Waals surface area contributed by atoms with Gasteiger partial charge in [-0.3, -0.25) is 4.79 Å². The molecule has 1 fully saturated rings. The fraction of sp³-hybridized carbons (Fsp3) is 0.389. The summed E-state index contributed by atoms with van der Waals surface area (Å²) in [5.41, 5.74) is 1.23. The van der Waals surface area contributed by atoms with Gasteiger partial charge < -0.3 is 19.5 Å². The van der Waals surface area contributed by atoms with E-state index in [4.69, 9.17) is 16.3 Å². The minimum Gasteiger partial charge on any atom is -0.496 e. The maximum Gasteiger partial charge on any atom is 0.255 e. The van der Waals surface area contributed by atoms with Crippen LogP contribution in [0.1, 0.15) is 23.2 Å². The van der Waals surface area contributed by atoms with Crippen molar-refractivity contribution in [3.8, 4) is 11.4 Å².